The van der Waals surface area contributed by atoms with E-state index in [0.717, 1.165) is 5.56 Å². The van der Waals surface area contributed by atoms with Gasteiger partial charge in [0.15, 0.2) is 0 Å². The summed E-state index contributed by atoms with van der Waals surface area (Å²) in [4.78, 5) is -0.397. The molecule has 3 heteroatoms. The van der Waals surface area contributed by atoms with Gasteiger partial charge in [-0.2, -0.15) is 0 Å². The highest BCUT2D eigenvalue weighted by Crippen LogP contribution is 2.23. The van der Waals surface area contributed by atoms with Gasteiger partial charge in [-0.15, -0.1) is 40.2 Å². The maximum atomic E-state index is 5.57. The van der Waals surface area contributed by atoms with Crippen LogP contribution in [0.25, 0.3) is 0 Å². The van der Waals surface area contributed by atoms with Crippen LogP contribution in [0.1, 0.15) is 10.4 Å². The van der Waals surface area contributed by atoms with Crippen molar-refractivity contribution < 1.29 is 0 Å². The van der Waals surface area contributed by atoms with Crippen molar-refractivity contribution in [3.05, 3.63) is 35.9 Å². The van der Waals surface area contributed by atoms with E-state index in [4.69, 9.17) is 23.2 Å². The number of hydrogen-bond donors (Lipinski definition) is 0. The van der Waals surface area contributed by atoms with Crippen LogP contribution in [0, 0.1) is 0 Å². The summed E-state index contributed by atoms with van der Waals surface area (Å²) in [7, 11) is 0. The van der Waals surface area contributed by atoms with Crippen LogP contribution in [0.2, 0.25) is 0 Å². The fourth-order valence-electron chi connectivity index (χ4n) is 0.599. The van der Waals surface area contributed by atoms with E-state index >= 15 is 0 Å². The Morgan fingerprint density at radius 3 is 1.80 bits per heavy atom. The molecule has 0 heterocycles. The van der Waals surface area contributed by atoms with Crippen molar-refractivity contribution in [1.29, 1.82) is 0 Å². The molecule has 0 unspecified atom stereocenters. The summed E-state index contributed by atoms with van der Waals surface area (Å²) < 4.78 is 0. The van der Waals surface area contributed by atoms with Crippen LogP contribution in [0.4, 0.5) is 0 Å². The van der Waals surface area contributed by atoms with Gasteiger partial charge in [0.05, 0.1) is 0 Å². The van der Waals surface area contributed by atoms with Gasteiger partial charge in [0.25, 0.3) is 0 Å². The van der Waals surface area contributed by atoms with Crippen LogP contribution in [-0.2, 0) is 0 Å². The summed E-state index contributed by atoms with van der Waals surface area (Å²) in [6.07, 6.45) is 0. The highest BCUT2D eigenvalue weighted by molar-refractivity contribution is 8.93. The van der Waals surface area contributed by atoms with Crippen molar-refractivity contribution in [3.8, 4) is 0 Å². The first-order valence-corrected chi connectivity index (χ1v) is 3.51. The highest BCUT2D eigenvalue weighted by Gasteiger charge is 1.98. The SMILES string of the molecule is Br.ClC(Cl)c1ccccc1. The van der Waals surface area contributed by atoms with Gasteiger partial charge in [0.1, 0.15) is 4.84 Å². The fraction of sp³-hybridized carbons (Fsp3) is 0.143. The number of hydrogen-bond acceptors (Lipinski definition) is 0. The molecule has 0 radical (unpaired) electrons. The maximum absolute atomic E-state index is 5.57. The summed E-state index contributed by atoms with van der Waals surface area (Å²) >= 11 is 11.1. The van der Waals surface area contributed by atoms with Crippen LogP contribution >= 0.6 is 40.2 Å². The zero-order chi connectivity index (χ0) is 6.69. The van der Waals surface area contributed by atoms with Gasteiger partial charge in [0, 0.05) is 0 Å². The lowest BCUT2D eigenvalue weighted by Crippen LogP contribution is -1.76. The Morgan fingerprint density at radius 2 is 1.50 bits per heavy atom. The van der Waals surface area contributed by atoms with E-state index < -0.39 is 4.84 Å². The fourth-order valence-corrected chi connectivity index (χ4v) is 0.889. The Morgan fingerprint density at radius 1 is 1.00 bits per heavy atom. The number of benzene rings is 1. The van der Waals surface area contributed by atoms with Crippen LogP contribution in [0.5, 0.6) is 0 Å². The van der Waals surface area contributed by atoms with Crippen molar-refractivity contribution in [2.75, 3.05) is 0 Å². The maximum Gasteiger partial charge on any atom is 0.132 e. The third kappa shape index (κ3) is 2.91. The molecule has 0 atom stereocenters. The quantitative estimate of drug-likeness (QED) is 0.658. The number of alkyl halides is 2. The summed E-state index contributed by atoms with van der Waals surface area (Å²) in [5.74, 6) is 0. The highest BCUT2D eigenvalue weighted by atomic mass is 79.9. The topological polar surface area (TPSA) is 0 Å². The molecule has 0 aliphatic rings. The molecule has 1 aromatic carbocycles. The molecular weight excluding hydrogens is 235 g/mol. The van der Waals surface area contributed by atoms with E-state index in [2.05, 4.69) is 0 Å². The standard InChI is InChI=1S/C7H6Cl2.BrH/c8-7(9)6-4-2-1-3-5-6;/h1-5,7H;1H. The summed E-state index contributed by atoms with van der Waals surface area (Å²) in [6, 6.07) is 9.54. The molecule has 1 rings (SSSR count). The third-order valence-corrected chi connectivity index (χ3v) is 1.56. The van der Waals surface area contributed by atoms with Crippen molar-refractivity contribution in [1.82, 2.24) is 0 Å². The van der Waals surface area contributed by atoms with Crippen molar-refractivity contribution >= 4 is 40.2 Å². The molecular formula is C7H7BrCl2. The predicted octanol–water partition coefficient (Wildman–Crippen LogP) is 3.74. The first kappa shape index (κ1) is 10.3. The molecule has 0 amide bonds. The summed E-state index contributed by atoms with van der Waals surface area (Å²) in [5, 5.41) is 0. The molecule has 10 heavy (non-hydrogen) atoms. The second-order valence-electron chi connectivity index (χ2n) is 1.71. The smallest absolute Gasteiger partial charge is 0.114 e. The molecule has 0 aromatic heterocycles. The lowest BCUT2D eigenvalue weighted by atomic mass is 10.2. The molecule has 0 spiro atoms. The predicted molar refractivity (Wildman–Crippen MR) is 51.2 cm³/mol. The number of rotatable bonds is 1. The second kappa shape index (κ2) is 5.00. The van der Waals surface area contributed by atoms with Crippen LogP contribution < -0.4 is 0 Å². The zero-order valence-electron chi connectivity index (χ0n) is 5.13. The van der Waals surface area contributed by atoms with Gasteiger partial charge in [-0.25, -0.2) is 0 Å². The Labute approximate surface area is 80.9 Å². The van der Waals surface area contributed by atoms with E-state index in [-0.39, 0.29) is 17.0 Å². The monoisotopic (exact) mass is 240 g/mol. The minimum Gasteiger partial charge on any atom is -0.114 e. The Bertz CT molecular complexity index is 174. The molecule has 0 nitrogen and oxygen atoms in total. The van der Waals surface area contributed by atoms with Crippen LogP contribution in [0.3, 0.4) is 0 Å². The van der Waals surface area contributed by atoms with E-state index in [9.17, 15) is 0 Å². The normalized spacial score (nSPS) is 9.10. The average molecular weight is 242 g/mol. The lowest BCUT2D eigenvalue weighted by Gasteiger charge is -1.97. The van der Waals surface area contributed by atoms with E-state index in [1.807, 2.05) is 30.3 Å². The van der Waals surface area contributed by atoms with E-state index in [0.29, 0.717) is 0 Å². The lowest BCUT2D eigenvalue weighted by molar-refractivity contribution is 1.35. The minimum atomic E-state index is -0.397. The van der Waals surface area contributed by atoms with Gasteiger partial charge in [-0.05, 0) is 5.56 Å². The Kier molecular flexibility index (Phi) is 5.14. The Balaban J connectivity index is 0.000000810. The van der Waals surface area contributed by atoms with Gasteiger partial charge in [-0.3, -0.25) is 0 Å². The first-order chi connectivity index (χ1) is 4.30. The van der Waals surface area contributed by atoms with Gasteiger partial charge in [0.2, 0.25) is 0 Å². The zero-order valence-corrected chi connectivity index (χ0v) is 8.35. The van der Waals surface area contributed by atoms with E-state index in [1.165, 1.54) is 0 Å². The molecule has 0 N–H and O–H groups in total. The Hall–Kier alpha value is 0.280. The first-order valence-electron chi connectivity index (χ1n) is 2.64. The second-order valence-corrected chi connectivity index (χ2v) is 2.81. The molecule has 0 aliphatic heterocycles. The molecule has 0 fully saturated rings. The molecule has 0 aliphatic carbocycles. The molecule has 0 saturated heterocycles. The van der Waals surface area contributed by atoms with E-state index in [1.54, 1.807) is 0 Å². The summed E-state index contributed by atoms with van der Waals surface area (Å²) in [6.45, 7) is 0. The largest absolute Gasteiger partial charge is 0.132 e. The van der Waals surface area contributed by atoms with Crippen molar-refractivity contribution in [2.24, 2.45) is 0 Å². The van der Waals surface area contributed by atoms with Gasteiger partial charge in [-0.1, -0.05) is 30.3 Å². The van der Waals surface area contributed by atoms with Gasteiger partial charge < -0.3 is 0 Å². The summed E-state index contributed by atoms with van der Waals surface area (Å²) in [5.41, 5.74) is 0.945. The average Bonchev–Trinajstić information content (AvgIpc) is 1.90. The van der Waals surface area contributed by atoms with Gasteiger partial charge >= 0.3 is 0 Å². The minimum absolute atomic E-state index is 0. The third-order valence-electron chi connectivity index (χ3n) is 1.05. The number of halogens is 3. The molecule has 0 bridgehead atoms. The van der Waals surface area contributed by atoms with Crippen LogP contribution in [0.15, 0.2) is 30.3 Å². The molecule has 56 valence electrons. The van der Waals surface area contributed by atoms with Crippen LogP contribution in [-0.4, -0.2) is 0 Å². The van der Waals surface area contributed by atoms with Crippen molar-refractivity contribution in [3.63, 3.8) is 0 Å². The molecule has 1 aromatic rings. The molecule has 0 saturated carbocycles. The van der Waals surface area contributed by atoms with Crippen molar-refractivity contribution in [2.45, 2.75) is 4.84 Å².